The molecular formula is C4H7NO2. The van der Waals surface area contributed by atoms with Gasteiger partial charge in [0.2, 0.25) is 0 Å². The Labute approximate surface area is 41.7 Å². The first-order valence-electron chi connectivity index (χ1n) is 2.09. The molecule has 0 aromatic carbocycles. The lowest BCUT2D eigenvalue weighted by atomic mass is 10.7. The quantitative estimate of drug-likeness (QED) is 0.497. The van der Waals surface area contributed by atoms with Gasteiger partial charge in [-0.15, -0.1) is 0 Å². The maximum Gasteiger partial charge on any atom is 0.251 e. The van der Waals surface area contributed by atoms with Gasteiger partial charge < -0.3 is 15.2 Å². The summed E-state index contributed by atoms with van der Waals surface area (Å²) < 4.78 is 9.55. The molecule has 7 heavy (non-hydrogen) atoms. The lowest BCUT2D eigenvalue weighted by Gasteiger charge is -2.03. The van der Waals surface area contributed by atoms with Gasteiger partial charge in [-0.05, 0) is 0 Å². The fourth-order valence-electron chi connectivity index (χ4n) is 0.383. The van der Waals surface area contributed by atoms with Crippen molar-refractivity contribution >= 4 is 0 Å². The molecule has 0 aromatic rings. The van der Waals surface area contributed by atoms with Crippen molar-refractivity contribution in [3.05, 3.63) is 12.5 Å². The number of nitrogens with two attached hydrogens (primary N) is 1. The molecule has 0 amide bonds. The minimum absolute atomic E-state index is 0.236. The molecule has 0 atom stereocenters. The van der Waals surface area contributed by atoms with Crippen LogP contribution in [0, 0.1) is 0 Å². The average Bonchev–Trinajstić information content (AvgIpc) is 2.14. The third-order valence-corrected chi connectivity index (χ3v) is 0.709. The Morgan fingerprint density at radius 1 is 1.43 bits per heavy atom. The summed E-state index contributed by atoms with van der Waals surface area (Å²) in [6.45, 7) is 0.410. The normalized spacial score (nSPS) is 19.0. The van der Waals surface area contributed by atoms with E-state index in [4.69, 9.17) is 15.2 Å². The SMILES string of the molecule is NCC1OC=CO1. The largest absolute Gasteiger partial charge is 0.458 e. The molecule has 0 bridgehead atoms. The van der Waals surface area contributed by atoms with Crippen molar-refractivity contribution in [1.29, 1.82) is 0 Å². The highest BCUT2D eigenvalue weighted by atomic mass is 16.7. The first-order valence-corrected chi connectivity index (χ1v) is 2.09. The van der Waals surface area contributed by atoms with E-state index in [0.717, 1.165) is 0 Å². The van der Waals surface area contributed by atoms with Gasteiger partial charge in [0.05, 0.1) is 6.54 Å². The van der Waals surface area contributed by atoms with Crippen LogP contribution < -0.4 is 5.73 Å². The second kappa shape index (κ2) is 1.84. The minimum atomic E-state index is -0.236. The Kier molecular flexibility index (Phi) is 1.17. The molecule has 0 aromatic heterocycles. The molecule has 1 aliphatic rings. The van der Waals surface area contributed by atoms with Gasteiger partial charge in [0.1, 0.15) is 12.5 Å². The minimum Gasteiger partial charge on any atom is -0.458 e. The Morgan fingerprint density at radius 2 is 2.00 bits per heavy atom. The van der Waals surface area contributed by atoms with E-state index >= 15 is 0 Å². The van der Waals surface area contributed by atoms with Gasteiger partial charge in [-0.25, -0.2) is 0 Å². The molecule has 0 fully saturated rings. The standard InChI is InChI=1S/C4H7NO2/c5-3-4-6-1-2-7-4/h1-2,4H,3,5H2. The van der Waals surface area contributed by atoms with Crippen molar-refractivity contribution in [3.8, 4) is 0 Å². The van der Waals surface area contributed by atoms with E-state index in [1.165, 1.54) is 12.5 Å². The molecule has 1 aliphatic heterocycles. The fraction of sp³-hybridized carbons (Fsp3) is 0.500. The highest BCUT2D eigenvalue weighted by Crippen LogP contribution is 2.01. The number of rotatable bonds is 1. The second-order valence-electron chi connectivity index (χ2n) is 1.21. The van der Waals surface area contributed by atoms with Crippen molar-refractivity contribution in [2.24, 2.45) is 5.73 Å². The summed E-state index contributed by atoms with van der Waals surface area (Å²) in [5, 5.41) is 0. The average molecular weight is 101 g/mol. The zero-order valence-corrected chi connectivity index (χ0v) is 3.83. The van der Waals surface area contributed by atoms with Gasteiger partial charge in [-0.1, -0.05) is 0 Å². The van der Waals surface area contributed by atoms with Crippen LogP contribution in [-0.4, -0.2) is 12.8 Å². The summed E-state index contributed by atoms with van der Waals surface area (Å²) in [7, 11) is 0. The van der Waals surface area contributed by atoms with Gasteiger partial charge in [0, 0.05) is 0 Å². The molecule has 2 N–H and O–H groups in total. The van der Waals surface area contributed by atoms with E-state index in [1.54, 1.807) is 0 Å². The van der Waals surface area contributed by atoms with Gasteiger partial charge in [0.25, 0.3) is 6.29 Å². The van der Waals surface area contributed by atoms with E-state index in [2.05, 4.69) is 0 Å². The maximum absolute atomic E-state index is 5.14. The van der Waals surface area contributed by atoms with E-state index in [9.17, 15) is 0 Å². The fourth-order valence-corrected chi connectivity index (χ4v) is 0.383. The molecule has 0 unspecified atom stereocenters. The molecule has 0 saturated carbocycles. The highest BCUT2D eigenvalue weighted by molar-refractivity contribution is 4.70. The maximum atomic E-state index is 5.14. The summed E-state index contributed by atoms with van der Waals surface area (Å²) in [4.78, 5) is 0. The van der Waals surface area contributed by atoms with Crippen LogP contribution >= 0.6 is 0 Å². The van der Waals surface area contributed by atoms with E-state index in [1.807, 2.05) is 0 Å². The number of hydrogen-bond acceptors (Lipinski definition) is 3. The zero-order valence-electron chi connectivity index (χ0n) is 3.83. The zero-order chi connectivity index (χ0) is 5.11. The summed E-state index contributed by atoms with van der Waals surface area (Å²) in [5.41, 5.74) is 5.14. The van der Waals surface area contributed by atoms with Gasteiger partial charge in [0.15, 0.2) is 0 Å². The Bertz CT molecular complexity index is 73.8. The van der Waals surface area contributed by atoms with Crippen molar-refractivity contribution in [3.63, 3.8) is 0 Å². The summed E-state index contributed by atoms with van der Waals surface area (Å²) in [6, 6.07) is 0. The molecule has 3 nitrogen and oxygen atoms in total. The van der Waals surface area contributed by atoms with E-state index in [-0.39, 0.29) is 6.29 Å². The number of ether oxygens (including phenoxy) is 2. The van der Waals surface area contributed by atoms with Crippen LogP contribution in [0.5, 0.6) is 0 Å². The van der Waals surface area contributed by atoms with Crippen LogP contribution in [-0.2, 0) is 9.47 Å². The van der Waals surface area contributed by atoms with Gasteiger partial charge >= 0.3 is 0 Å². The highest BCUT2D eigenvalue weighted by Gasteiger charge is 2.06. The predicted molar refractivity (Wildman–Crippen MR) is 24.2 cm³/mol. The Hall–Kier alpha value is -0.700. The first kappa shape index (κ1) is 4.46. The third kappa shape index (κ3) is 0.838. The van der Waals surface area contributed by atoms with Crippen LogP contribution in [0.3, 0.4) is 0 Å². The van der Waals surface area contributed by atoms with Crippen LogP contribution in [0.2, 0.25) is 0 Å². The first-order chi connectivity index (χ1) is 3.43. The smallest absolute Gasteiger partial charge is 0.251 e. The molecule has 0 radical (unpaired) electrons. The molecular weight excluding hydrogens is 94.0 g/mol. The van der Waals surface area contributed by atoms with Crippen molar-refractivity contribution in [1.82, 2.24) is 0 Å². The monoisotopic (exact) mass is 101 g/mol. The summed E-state index contributed by atoms with van der Waals surface area (Å²) in [6.07, 6.45) is 2.73. The summed E-state index contributed by atoms with van der Waals surface area (Å²) >= 11 is 0. The van der Waals surface area contributed by atoms with Crippen molar-refractivity contribution in [2.45, 2.75) is 6.29 Å². The van der Waals surface area contributed by atoms with Crippen molar-refractivity contribution < 1.29 is 9.47 Å². The molecule has 40 valence electrons. The van der Waals surface area contributed by atoms with Crippen LogP contribution in [0.15, 0.2) is 12.5 Å². The van der Waals surface area contributed by atoms with Crippen LogP contribution in [0.4, 0.5) is 0 Å². The van der Waals surface area contributed by atoms with Crippen molar-refractivity contribution in [2.75, 3.05) is 6.54 Å². The van der Waals surface area contributed by atoms with Crippen LogP contribution in [0.25, 0.3) is 0 Å². The molecule has 0 saturated heterocycles. The Morgan fingerprint density at radius 3 is 2.29 bits per heavy atom. The summed E-state index contributed by atoms with van der Waals surface area (Å²) in [5.74, 6) is 0. The van der Waals surface area contributed by atoms with E-state index < -0.39 is 0 Å². The predicted octanol–water partition coefficient (Wildman–Crippen LogP) is -0.211. The topological polar surface area (TPSA) is 44.5 Å². The lowest BCUT2D eigenvalue weighted by molar-refractivity contribution is -0.0137. The third-order valence-electron chi connectivity index (χ3n) is 0.709. The molecule has 1 heterocycles. The molecule has 0 spiro atoms. The molecule has 0 aliphatic carbocycles. The number of hydrogen-bond donors (Lipinski definition) is 1. The molecule has 3 heteroatoms. The Balaban J connectivity index is 2.22. The van der Waals surface area contributed by atoms with Gasteiger partial charge in [-0.3, -0.25) is 0 Å². The van der Waals surface area contributed by atoms with E-state index in [0.29, 0.717) is 6.54 Å². The second-order valence-corrected chi connectivity index (χ2v) is 1.21. The molecule has 1 rings (SSSR count). The van der Waals surface area contributed by atoms with Crippen LogP contribution in [0.1, 0.15) is 0 Å². The lowest BCUT2D eigenvalue weighted by Crippen LogP contribution is -2.19. The van der Waals surface area contributed by atoms with Gasteiger partial charge in [-0.2, -0.15) is 0 Å².